The molecule has 2 saturated heterocycles. The summed E-state index contributed by atoms with van der Waals surface area (Å²) < 4.78 is 3.99. The number of aryl methyl sites for hydroxylation is 2. The molecule has 0 spiro atoms. The van der Waals surface area contributed by atoms with Gasteiger partial charge in [-0.1, -0.05) is 6.92 Å². The van der Waals surface area contributed by atoms with Crippen molar-refractivity contribution < 1.29 is 41.6 Å². The SMILES string of the molecule is C[C@@H](O)[C@H]1C(=O)N2C(C(=O)O)=C(S[C@@H]3CN[C@H](CC[n+]4cc(C=CC(N)=O)n(C)c4)C3)[C@H](C)[C@H]12.[Cl-]. The molecule has 1 aromatic heterocycles. The van der Waals surface area contributed by atoms with Gasteiger partial charge < -0.3 is 38.6 Å². The van der Waals surface area contributed by atoms with Crippen LogP contribution in [0.25, 0.3) is 6.08 Å². The second kappa shape index (κ2) is 10.7. The summed E-state index contributed by atoms with van der Waals surface area (Å²) in [4.78, 5) is 37.6. The topological polar surface area (TPSA) is 142 Å². The zero-order valence-electron chi connectivity index (χ0n) is 19.9. The number of halogens is 1. The number of aliphatic hydroxyl groups is 1. The second-order valence-corrected chi connectivity index (χ2v) is 10.7. The molecule has 35 heavy (non-hydrogen) atoms. The number of carboxylic acid groups (broad SMARTS) is 1. The molecule has 6 atom stereocenters. The maximum absolute atomic E-state index is 12.5. The Labute approximate surface area is 214 Å². The molecule has 192 valence electrons. The number of fused-ring (bicyclic) bond motifs is 1. The highest BCUT2D eigenvalue weighted by molar-refractivity contribution is 8.03. The highest BCUT2D eigenvalue weighted by Gasteiger charge is 2.60. The summed E-state index contributed by atoms with van der Waals surface area (Å²) in [5, 5.41) is 23.6. The van der Waals surface area contributed by atoms with Crippen molar-refractivity contribution >= 4 is 35.6 Å². The van der Waals surface area contributed by atoms with E-state index in [9.17, 15) is 24.6 Å². The number of nitrogens with zero attached hydrogens (tertiary/aromatic N) is 3. The van der Waals surface area contributed by atoms with Gasteiger partial charge in [-0.25, -0.2) is 13.9 Å². The van der Waals surface area contributed by atoms with Crippen LogP contribution < -0.4 is 28.0 Å². The first-order valence-corrected chi connectivity index (χ1v) is 12.4. The van der Waals surface area contributed by atoms with Crippen molar-refractivity contribution in [2.45, 2.75) is 56.7 Å². The Balaban J connectivity index is 0.00000342. The predicted octanol–water partition coefficient (Wildman–Crippen LogP) is -3.18. The zero-order chi connectivity index (χ0) is 24.7. The number of β-lactam (4-membered cyclic amide) rings is 1. The fraction of sp³-hybridized carbons (Fsp3) is 0.565. The van der Waals surface area contributed by atoms with E-state index in [4.69, 9.17) is 5.73 Å². The van der Waals surface area contributed by atoms with Crippen LogP contribution in [0.3, 0.4) is 0 Å². The number of primary amides is 1. The van der Waals surface area contributed by atoms with Gasteiger partial charge in [-0.2, -0.15) is 0 Å². The molecule has 5 N–H and O–H groups in total. The van der Waals surface area contributed by atoms with E-state index < -0.39 is 23.9 Å². The van der Waals surface area contributed by atoms with Gasteiger partial charge in [0.1, 0.15) is 11.9 Å². The number of nitrogens with one attached hydrogen (secondary N) is 1. The van der Waals surface area contributed by atoms with Gasteiger partial charge in [0, 0.05) is 41.2 Å². The lowest BCUT2D eigenvalue weighted by atomic mass is 9.79. The molecule has 2 amide bonds. The smallest absolute Gasteiger partial charge is 0.353 e. The lowest BCUT2D eigenvalue weighted by Gasteiger charge is -2.46. The minimum atomic E-state index is -1.08. The van der Waals surface area contributed by atoms with Crippen LogP contribution in [0.2, 0.25) is 0 Å². The standard InChI is InChI=1S/C23H31N5O5S.ClH/c1-12-19-18(13(2)29)22(31)28(19)20(23(32)33)21(12)34-16-8-14(25-9-16)6-7-27-10-15(26(3)11-27)4-5-17(24)30;/h4-5,10-14,16,18-19,25,29H,6-9H2,1-3H3,(H2-,24,30,32,33);1H/t12-,13-,14-,16+,18-,19-;/m1./s1. The Morgan fingerprint density at radius 3 is 2.77 bits per heavy atom. The normalized spacial score (nSPS) is 28.7. The number of rotatable bonds is 9. The van der Waals surface area contributed by atoms with Gasteiger partial charge in [0.05, 0.1) is 31.7 Å². The van der Waals surface area contributed by atoms with E-state index >= 15 is 0 Å². The molecule has 12 heteroatoms. The molecule has 2 fully saturated rings. The van der Waals surface area contributed by atoms with Gasteiger partial charge in [0.15, 0.2) is 5.69 Å². The third kappa shape index (κ3) is 5.28. The molecule has 10 nitrogen and oxygen atoms in total. The van der Waals surface area contributed by atoms with Crippen LogP contribution in [0.4, 0.5) is 0 Å². The number of carboxylic acids is 1. The van der Waals surface area contributed by atoms with Crippen LogP contribution >= 0.6 is 11.8 Å². The van der Waals surface area contributed by atoms with Crippen molar-refractivity contribution in [3.05, 3.63) is 34.9 Å². The first-order chi connectivity index (χ1) is 16.1. The summed E-state index contributed by atoms with van der Waals surface area (Å²) in [6.45, 7) is 5.11. The quantitative estimate of drug-likeness (QED) is 0.151. The van der Waals surface area contributed by atoms with Crippen molar-refractivity contribution in [1.29, 1.82) is 0 Å². The largest absolute Gasteiger partial charge is 1.00 e. The molecule has 0 aromatic carbocycles. The molecule has 0 saturated carbocycles. The Kier molecular flexibility index (Phi) is 8.36. The van der Waals surface area contributed by atoms with Gasteiger partial charge in [0.2, 0.25) is 18.1 Å². The number of carbonyl (C=O) groups excluding carboxylic acids is 2. The van der Waals surface area contributed by atoms with Crippen molar-refractivity contribution in [3.63, 3.8) is 0 Å². The van der Waals surface area contributed by atoms with E-state index in [1.165, 1.54) is 11.0 Å². The van der Waals surface area contributed by atoms with Crippen molar-refractivity contribution in [3.8, 4) is 0 Å². The number of thioether (sulfide) groups is 1. The predicted molar refractivity (Wildman–Crippen MR) is 126 cm³/mol. The van der Waals surface area contributed by atoms with Crippen LogP contribution in [-0.2, 0) is 28.0 Å². The summed E-state index contributed by atoms with van der Waals surface area (Å²) in [5.41, 5.74) is 6.14. The Hall–Kier alpha value is -2.34. The van der Waals surface area contributed by atoms with Gasteiger partial charge in [-0.05, 0) is 19.4 Å². The fourth-order valence-electron chi connectivity index (χ4n) is 5.29. The van der Waals surface area contributed by atoms with Crippen LogP contribution in [0.1, 0.15) is 32.4 Å². The van der Waals surface area contributed by atoms with Crippen LogP contribution in [-0.4, -0.2) is 67.4 Å². The number of nitrogens with two attached hydrogens (primary N) is 1. The molecular weight excluding hydrogens is 494 g/mol. The third-order valence-electron chi connectivity index (χ3n) is 6.97. The lowest BCUT2D eigenvalue weighted by molar-refractivity contribution is -0.697. The molecule has 3 aliphatic heterocycles. The number of carbonyl (C=O) groups is 3. The van der Waals surface area contributed by atoms with Crippen LogP contribution in [0.5, 0.6) is 0 Å². The summed E-state index contributed by atoms with van der Waals surface area (Å²) in [5.74, 6) is -2.52. The number of aromatic nitrogens is 2. The van der Waals surface area contributed by atoms with Gasteiger partial charge in [0.25, 0.3) is 0 Å². The average Bonchev–Trinajstić information content (AvgIpc) is 3.41. The average molecular weight is 526 g/mol. The molecule has 0 unspecified atom stereocenters. The second-order valence-electron chi connectivity index (χ2n) is 9.40. The van der Waals surface area contributed by atoms with Crippen LogP contribution in [0, 0.1) is 11.8 Å². The first-order valence-electron chi connectivity index (χ1n) is 11.5. The molecular formula is C23H32ClN5O5S. The third-order valence-corrected chi connectivity index (χ3v) is 8.48. The monoisotopic (exact) mass is 525 g/mol. The zero-order valence-corrected chi connectivity index (χ0v) is 21.5. The number of aliphatic hydroxyl groups excluding tert-OH is 1. The molecule has 0 radical (unpaired) electrons. The number of aliphatic carboxylic acids is 1. The van der Waals surface area contributed by atoms with E-state index in [-0.39, 0.29) is 41.2 Å². The van der Waals surface area contributed by atoms with E-state index in [1.807, 2.05) is 31.1 Å². The van der Waals surface area contributed by atoms with Crippen molar-refractivity contribution in [2.24, 2.45) is 24.6 Å². The van der Waals surface area contributed by atoms with E-state index in [1.54, 1.807) is 24.8 Å². The lowest BCUT2D eigenvalue weighted by Crippen LogP contribution is -3.00. The minimum Gasteiger partial charge on any atom is -1.00 e. The molecule has 4 heterocycles. The van der Waals surface area contributed by atoms with Crippen molar-refractivity contribution in [1.82, 2.24) is 14.8 Å². The molecule has 0 aliphatic carbocycles. The highest BCUT2D eigenvalue weighted by Crippen LogP contribution is 2.51. The minimum absolute atomic E-state index is 0. The van der Waals surface area contributed by atoms with Gasteiger partial charge >= 0.3 is 5.97 Å². The van der Waals surface area contributed by atoms with Crippen LogP contribution in [0.15, 0.2) is 29.2 Å². The maximum atomic E-state index is 12.5. The Bertz CT molecular complexity index is 1070. The van der Waals surface area contributed by atoms with E-state index in [0.29, 0.717) is 6.04 Å². The number of amides is 2. The molecule has 3 aliphatic rings. The van der Waals surface area contributed by atoms with E-state index in [0.717, 1.165) is 36.5 Å². The summed E-state index contributed by atoms with van der Waals surface area (Å²) in [6, 6.07) is 0.0165. The summed E-state index contributed by atoms with van der Waals surface area (Å²) in [7, 11) is 1.91. The molecule has 1 aromatic rings. The summed E-state index contributed by atoms with van der Waals surface area (Å²) in [6.07, 6.45) is 7.96. The first kappa shape index (κ1) is 27.3. The highest BCUT2D eigenvalue weighted by atomic mass is 35.5. The molecule has 0 bridgehead atoms. The fourth-order valence-corrected chi connectivity index (χ4v) is 6.81. The summed E-state index contributed by atoms with van der Waals surface area (Å²) >= 11 is 1.56. The number of imidazole rings is 1. The Morgan fingerprint density at radius 2 is 2.14 bits per heavy atom. The van der Waals surface area contributed by atoms with Gasteiger partial charge in [-0.15, -0.1) is 11.8 Å². The maximum Gasteiger partial charge on any atom is 0.353 e. The van der Waals surface area contributed by atoms with Gasteiger partial charge in [-0.3, -0.25) is 9.59 Å². The number of hydrogen-bond acceptors (Lipinski definition) is 6. The Morgan fingerprint density at radius 1 is 1.43 bits per heavy atom. The number of hydrogen-bond donors (Lipinski definition) is 4. The van der Waals surface area contributed by atoms with Crippen molar-refractivity contribution in [2.75, 3.05) is 6.54 Å². The van der Waals surface area contributed by atoms with E-state index in [2.05, 4.69) is 9.88 Å². The molecule has 4 rings (SSSR count).